The molecule has 9 nitrogen and oxygen atoms in total. The lowest BCUT2D eigenvalue weighted by Gasteiger charge is -2.35. The van der Waals surface area contributed by atoms with Gasteiger partial charge in [0.1, 0.15) is 5.75 Å². The predicted octanol–water partition coefficient (Wildman–Crippen LogP) is 5.71. The van der Waals surface area contributed by atoms with Gasteiger partial charge in [0.25, 0.3) is 5.91 Å². The van der Waals surface area contributed by atoms with Crippen molar-refractivity contribution in [2.75, 3.05) is 51.0 Å². The minimum absolute atomic E-state index is 0.0533. The van der Waals surface area contributed by atoms with Gasteiger partial charge in [-0.3, -0.25) is 4.79 Å². The highest BCUT2D eigenvalue weighted by molar-refractivity contribution is 6.02. The summed E-state index contributed by atoms with van der Waals surface area (Å²) >= 11 is 0. The van der Waals surface area contributed by atoms with Gasteiger partial charge in [0.2, 0.25) is 0 Å². The second-order valence-corrected chi connectivity index (χ2v) is 11.4. The lowest BCUT2D eigenvalue weighted by molar-refractivity contribution is -0.137. The Bertz CT molecular complexity index is 1210. The SMILES string of the molecule is C[C@@H]1CN([C@@H](C)CO)C(=O)c2cc(NC(=O)Nc3ccc(C(F)(F)F)cc3)ccc2O[C@@H](C)CCCCO[C@H]1CN(C)C. The molecule has 0 bridgehead atoms. The van der Waals surface area contributed by atoms with Crippen LogP contribution in [0.4, 0.5) is 29.3 Å². The van der Waals surface area contributed by atoms with Gasteiger partial charge in [0.05, 0.1) is 36.0 Å². The van der Waals surface area contributed by atoms with Crippen LogP contribution in [0, 0.1) is 5.92 Å². The molecule has 0 spiro atoms. The van der Waals surface area contributed by atoms with E-state index in [0.717, 1.165) is 43.5 Å². The number of hydrogen-bond donors (Lipinski definition) is 3. The first-order valence-corrected chi connectivity index (χ1v) is 14.5. The number of carbonyl (C=O) groups excluding carboxylic acids is 2. The minimum atomic E-state index is -4.48. The first kappa shape index (κ1) is 34.1. The molecule has 238 valence electrons. The van der Waals surface area contributed by atoms with Crippen molar-refractivity contribution in [1.82, 2.24) is 9.80 Å². The number of nitrogens with zero attached hydrogens (tertiary/aromatic N) is 2. The molecule has 2 aromatic carbocycles. The van der Waals surface area contributed by atoms with Crippen LogP contribution in [0.5, 0.6) is 5.75 Å². The lowest BCUT2D eigenvalue weighted by atomic mass is 10.0. The van der Waals surface area contributed by atoms with E-state index in [2.05, 4.69) is 10.6 Å². The molecule has 1 heterocycles. The van der Waals surface area contributed by atoms with E-state index in [-0.39, 0.29) is 47.6 Å². The van der Waals surface area contributed by atoms with E-state index in [0.29, 0.717) is 25.4 Å². The highest BCUT2D eigenvalue weighted by Crippen LogP contribution is 2.31. The number of fused-ring (bicyclic) bond motifs is 1. The molecule has 0 saturated carbocycles. The molecule has 2 aromatic rings. The number of ether oxygens (including phenoxy) is 2. The van der Waals surface area contributed by atoms with Crippen LogP contribution in [-0.4, -0.2) is 85.5 Å². The lowest BCUT2D eigenvalue weighted by Crippen LogP contribution is -2.47. The molecule has 43 heavy (non-hydrogen) atoms. The summed E-state index contributed by atoms with van der Waals surface area (Å²) in [4.78, 5) is 30.4. The molecule has 0 fully saturated rings. The van der Waals surface area contributed by atoms with Crippen LogP contribution in [0.25, 0.3) is 0 Å². The van der Waals surface area contributed by atoms with E-state index in [1.807, 2.05) is 32.8 Å². The molecular weight excluding hydrogens is 565 g/mol. The third-order valence-corrected chi connectivity index (χ3v) is 7.32. The Morgan fingerprint density at radius 1 is 1.09 bits per heavy atom. The molecule has 0 unspecified atom stereocenters. The van der Waals surface area contributed by atoms with Gasteiger partial charge in [-0.2, -0.15) is 13.2 Å². The first-order valence-electron chi connectivity index (χ1n) is 14.5. The summed E-state index contributed by atoms with van der Waals surface area (Å²) in [6, 6.07) is 7.60. The normalized spacial score (nSPS) is 21.4. The number of nitrogens with one attached hydrogen (secondary N) is 2. The van der Waals surface area contributed by atoms with Crippen LogP contribution in [0.15, 0.2) is 42.5 Å². The second-order valence-electron chi connectivity index (χ2n) is 11.4. The average Bonchev–Trinajstić information content (AvgIpc) is 2.94. The van der Waals surface area contributed by atoms with Crippen molar-refractivity contribution < 1.29 is 37.3 Å². The summed E-state index contributed by atoms with van der Waals surface area (Å²) in [7, 11) is 3.94. The number of likely N-dealkylation sites (N-methyl/N-ethyl adjacent to an activating group) is 1. The van der Waals surface area contributed by atoms with Gasteiger partial charge in [0, 0.05) is 37.0 Å². The zero-order valence-electron chi connectivity index (χ0n) is 25.4. The summed E-state index contributed by atoms with van der Waals surface area (Å²) in [5, 5.41) is 15.2. The van der Waals surface area contributed by atoms with Gasteiger partial charge in [-0.15, -0.1) is 0 Å². The highest BCUT2D eigenvalue weighted by Gasteiger charge is 2.31. The monoisotopic (exact) mass is 608 g/mol. The van der Waals surface area contributed by atoms with E-state index >= 15 is 0 Å². The maximum Gasteiger partial charge on any atom is 0.416 e. The Hall–Kier alpha value is -3.35. The van der Waals surface area contributed by atoms with Crippen molar-refractivity contribution in [2.24, 2.45) is 5.92 Å². The Kier molecular flexibility index (Phi) is 12.2. The Balaban J connectivity index is 1.90. The van der Waals surface area contributed by atoms with E-state index in [1.54, 1.807) is 24.0 Å². The van der Waals surface area contributed by atoms with Crippen molar-refractivity contribution in [3.05, 3.63) is 53.6 Å². The van der Waals surface area contributed by atoms with Gasteiger partial charge in [-0.05, 0) is 89.7 Å². The number of hydrogen-bond acceptors (Lipinski definition) is 6. The van der Waals surface area contributed by atoms with Crippen molar-refractivity contribution in [1.29, 1.82) is 0 Å². The Labute approximate surface area is 251 Å². The largest absolute Gasteiger partial charge is 0.490 e. The molecule has 4 atom stereocenters. The summed E-state index contributed by atoms with van der Waals surface area (Å²) in [5.41, 5.74) is -0.155. The molecule has 0 radical (unpaired) electrons. The number of rotatable bonds is 6. The number of benzene rings is 2. The molecule has 1 aliphatic heterocycles. The number of aliphatic hydroxyl groups is 1. The minimum Gasteiger partial charge on any atom is -0.490 e. The molecule has 3 rings (SSSR count). The molecule has 0 aliphatic carbocycles. The maximum absolute atomic E-state index is 14.1. The van der Waals surface area contributed by atoms with Crippen LogP contribution in [0.1, 0.15) is 56.0 Å². The van der Waals surface area contributed by atoms with Gasteiger partial charge < -0.3 is 35.0 Å². The van der Waals surface area contributed by atoms with Crippen LogP contribution in [0.2, 0.25) is 0 Å². The highest BCUT2D eigenvalue weighted by atomic mass is 19.4. The predicted molar refractivity (Wildman–Crippen MR) is 160 cm³/mol. The van der Waals surface area contributed by atoms with Crippen molar-refractivity contribution >= 4 is 23.3 Å². The zero-order valence-corrected chi connectivity index (χ0v) is 25.4. The number of urea groups is 1. The molecule has 0 aromatic heterocycles. The smallest absolute Gasteiger partial charge is 0.416 e. The van der Waals surface area contributed by atoms with Crippen molar-refractivity contribution in [3.8, 4) is 5.75 Å². The summed E-state index contributed by atoms with van der Waals surface area (Å²) in [5.74, 6) is -0.0717. The summed E-state index contributed by atoms with van der Waals surface area (Å²) in [6.07, 6.45) is -2.32. The average molecular weight is 609 g/mol. The van der Waals surface area contributed by atoms with E-state index in [4.69, 9.17) is 9.47 Å². The second kappa shape index (κ2) is 15.4. The summed E-state index contributed by atoms with van der Waals surface area (Å²) in [6.45, 7) is 7.05. The fourth-order valence-electron chi connectivity index (χ4n) is 4.86. The fraction of sp³-hybridized carbons (Fsp3) is 0.548. The number of anilines is 2. The van der Waals surface area contributed by atoms with Gasteiger partial charge in [-0.25, -0.2) is 4.79 Å². The third-order valence-electron chi connectivity index (χ3n) is 7.32. The zero-order chi connectivity index (χ0) is 31.7. The van der Waals surface area contributed by atoms with Crippen LogP contribution < -0.4 is 15.4 Å². The first-order chi connectivity index (χ1) is 20.3. The fourth-order valence-corrected chi connectivity index (χ4v) is 4.86. The van der Waals surface area contributed by atoms with E-state index in [9.17, 15) is 27.9 Å². The maximum atomic E-state index is 14.1. The molecule has 0 saturated heterocycles. The number of halogens is 3. The molecular formula is C31H43F3N4O5. The summed E-state index contributed by atoms with van der Waals surface area (Å²) < 4.78 is 51.1. The Morgan fingerprint density at radius 3 is 2.37 bits per heavy atom. The van der Waals surface area contributed by atoms with E-state index in [1.165, 1.54) is 6.07 Å². The van der Waals surface area contributed by atoms with E-state index < -0.39 is 23.8 Å². The standard InChI is InChI=1S/C31H43F3N4O5/c1-20-17-38(21(2)19-39)29(40)26-16-25(36-30(41)35-24-11-9-23(10-12-24)31(32,33)34)13-14-27(26)43-22(3)8-6-7-15-42-28(20)18-37(4)5/h9-14,16,20-22,28,39H,6-8,15,17-19H2,1-5H3,(H2,35,36,41)/t20-,21+,22+,28+/m1/s1. The number of amides is 3. The topological polar surface area (TPSA) is 103 Å². The molecule has 3 amide bonds. The number of carbonyl (C=O) groups is 2. The molecule has 3 N–H and O–H groups in total. The molecule has 1 aliphatic rings. The van der Waals surface area contributed by atoms with Crippen LogP contribution in [0.3, 0.4) is 0 Å². The Morgan fingerprint density at radius 2 is 1.74 bits per heavy atom. The van der Waals surface area contributed by atoms with Gasteiger partial charge >= 0.3 is 12.2 Å². The van der Waals surface area contributed by atoms with Crippen molar-refractivity contribution in [3.63, 3.8) is 0 Å². The van der Waals surface area contributed by atoms with Crippen LogP contribution in [-0.2, 0) is 10.9 Å². The van der Waals surface area contributed by atoms with Gasteiger partial charge in [0.15, 0.2) is 0 Å². The quantitative estimate of drug-likeness (QED) is 0.389. The molecule has 12 heteroatoms. The van der Waals surface area contributed by atoms with Gasteiger partial charge in [-0.1, -0.05) is 6.92 Å². The third kappa shape index (κ3) is 10.1. The number of alkyl halides is 3. The van der Waals surface area contributed by atoms with Crippen LogP contribution >= 0.6 is 0 Å². The van der Waals surface area contributed by atoms with Crippen molar-refractivity contribution in [2.45, 2.75) is 64.5 Å². The number of aliphatic hydroxyl groups excluding tert-OH is 1.